The van der Waals surface area contributed by atoms with Crippen LogP contribution in [0.25, 0.3) is 0 Å². The molecule has 3 rings (SSSR count). The van der Waals surface area contributed by atoms with Crippen molar-refractivity contribution in [1.82, 2.24) is 5.32 Å². The summed E-state index contributed by atoms with van der Waals surface area (Å²) in [6.07, 6.45) is 5.53. The average molecular weight is 352 g/mol. The molecule has 130 valence electrons. The summed E-state index contributed by atoms with van der Waals surface area (Å²) in [6.45, 7) is 0. The van der Waals surface area contributed by atoms with Crippen LogP contribution in [0.1, 0.15) is 37.7 Å². The zero-order chi connectivity index (χ0) is 17.3. The highest BCUT2D eigenvalue weighted by atomic mass is 35.5. The number of fused-ring (bicyclic) bond motifs is 2. The van der Waals surface area contributed by atoms with Gasteiger partial charge in [0.1, 0.15) is 0 Å². The minimum absolute atomic E-state index is 0.0695. The second kappa shape index (κ2) is 7.07. The first kappa shape index (κ1) is 17.2. The van der Waals surface area contributed by atoms with Crippen LogP contribution in [0, 0.1) is 22.0 Å². The minimum atomic E-state index is -0.498. The molecule has 0 aromatic heterocycles. The van der Waals surface area contributed by atoms with Crippen molar-refractivity contribution in [2.24, 2.45) is 17.6 Å². The fraction of sp³-hybridized carbons (Fsp3) is 0.588. The molecule has 0 aliphatic heterocycles. The maximum atomic E-state index is 12.4. The monoisotopic (exact) mass is 351 g/mol. The highest BCUT2D eigenvalue weighted by molar-refractivity contribution is 6.31. The molecule has 7 heteroatoms. The first-order valence-electron chi connectivity index (χ1n) is 8.42. The quantitative estimate of drug-likeness (QED) is 0.643. The Hall–Kier alpha value is -1.66. The van der Waals surface area contributed by atoms with E-state index in [1.165, 1.54) is 18.6 Å². The number of amides is 1. The van der Waals surface area contributed by atoms with Gasteiger partial charge in [0.15, 0.2) is 0 Å². The van der Waals surface area contributed by atoms with Crippen LogP contribution < -0.4 is 11.1 Å². The van der Waals surface area contributed by atoms with E-state index in [2.05, 4.69) is 5.32 Å². The number of nitro groups is 1. The normalized spacial score (nSPS) is 29.1. The van der Waals surface area contributed by atoms with Crippen LogP contribution in [0.4, 0.5) is 5.69 Å². The highest BCUT2D eigenvalue weighted by Crippen LogP contribution is 2.39. The number of nitro benzene ring substituents is 1. The Bertz CT molecular complexity index is 638. The van der Waals surface area contributed by atoms with Crippen molar-refractivity contribution in [3.8, 4) is 0 Å². The molecular weight excluding hydrogens is 330 g/mol. The van der Waals surface area contributed by atoms with E-state index in [9.17, 15) is 14.9 Å². The van der Waals surface area contributed by atoms with Gasteiger partial charge in [0.2, 0.25) is 5.91 Å². The fourth-order valence-electron chi connectivity index (χ4n) is 4.23. The maximum Gasteiger partial charge on any atom is 0.270 e. The Kier molecular flexibility index (Phi) is 5.06. The number of nitrogens with two attached hydrogens (primary N) is 1. The van der Waals surface area contributed by atoms with Gasteiger partial charge in [0.25, 0.3) is 5.69 Å². The summed E-state index contributed by atoms with van der Waals surface area (Å²) in [6, 6.07) is 4.67. The first-order chi connectivity index (χ1) is 11.4. The zero-order valence-corrected chi connectivity index (χ0v) is 14.2. The summed E-state index contributed by atoms with van der Waals surface area (Å²) in [5.41, 5.74) is 6.65. The molecule has 1 amide bonds. The lowest BCUT2D eigenvalue weighted by molar-refractivity contribution is -0.384. The summed E-state index contributed by atoms with van der Waals surface area (Å²) >= 11 is 6.07. The minimum Gasteiger partial charge on any atom is -0.353 e. The van der Waals surface area contributed by atoms with Gasteiger partial charge in [-0.1, -0.05) is 24.1 Å². The van der Waals surface area contributed by atoms with Gasteiger partial charge in [-0.25, -0.2) is 0 Å². The van der Waals surface area contributed by atoms with E-state index in [1.807, 2.05) is 0 Å². The van der Waals surface area contributed by atoms with Gasteiger partial charge in [-0.05, 0) is 43.1 Å². The predicted octanol–water partition coefficient (Wildman–Crippen LogP) is 2.81. The molecule has 0 radical (unpaired) electrons. The first-order valence-corrected chi connectivity index (χ1v) is 8.79. The SMILES string of the molecule is NC1CC2CCCC(C1)C2NC(=O)Cc1ccc([N+](=O)[O-])cc1Cl. The Morgan fingerprint density at radius 1 is 1.33 bits per heavy atom. The second-order valence-corrected chi connectivity index (χ2v) is 7.39. The number of nitrogens with zero attached hydrogens (tertiary/aromatic N) is 1. The van der Waals surface area contributed by atoms with Crippen molar-refractivity contribution < 1.29 is 9.72 Å². The number of non-ortho nitro benzene ring substituents is 1. The van der Waals surface area contributed by atoms with E-state index in [0.29, 0.717) is 17.4 Å². The maximum absolute atomic E-state index is 12.4. The summed E-state index contributed by atoms with van der Waals surface area (Å²) in [4.78, 5) is 22.7. The third-order valence-electron chi connectivity index (χ3n) is 5.30. The summed E-state index contributed by atoms with van der Waals surface area (Å²) < 4.78 is 0. The zero-order valence-electron chi connectivity index (χ0n) is 13.4. The standard InChI is InChI=1S/C17H22ClN3O3/c18-15-9-14(21(23)24)5-4-10(15)8-16(22)20-17-11-2-1-3-12(17)7-13(19)6-11/h4-5,9,11-13,17H,1-3,6-8,19H2,(H,20,22). The molecule has 3 N–H and O–H groups in total. The number of rotatable bonds is 4. The molecule has 0 spiro atoms. The molecule has 2 aliphatic rings. The lowest BCUT2D eigenvalue weighted by Crippen LogP contribution is -2.54. The summed E-state index contributed by atoms with van der Waals surface area (Å²) in [7, 11) is 0. The molecule has 0 saturated heterocycles. The van der Waals surface area contributed by atoms with Gasteiger partial charge < -0.3 is 11.1 Å². The van der Waals surface area contributed by atoms with Crippen LogP contribution >= 0.6 is 11.6 Å². The van der Waals surface area contributed by atoms with E-state index in [1.54, 1.807) is 6.07 Å². The van der Waals surface area contributed by atoms with Crippen molar-refractivity contribution in [2.75, 3.05) is 0 Å². The van der Waals surface area contributed by atoms with E-state index in [0.717, 1.165) is 25.7 Å². The van der Waals surface area contributed by atoms with Crippen molar-refractivity contribution >= 4 is 23.2 Å². The lowest BCUT2D eigenvalue weighted by Gasteiger charge is -2.45. The number of halogens is 1. The van der Waals surface area contributed by atoms with Crippen LogP contribution in [0.3, 0.4) is 0 Å². The molecule has 2 aliphatic carbocycles. The van der Waals surface area contributed by atoms with Gasteiger partial charge in [-0.3, -0.25) is 14.9 Å². The number of hydrogen-bond donors (Lipinski definition) is 2. The van der Waals surface area contributed by atoms with Crippen LogP contribution in [-0.2, 0) is 11.2 Å². The summed E-state index contributed by atoms with van der Waals surface area (Å²) in [5, 5.41) is 14.2. The number of benzene rings is 1. The lowest BCUT2D eigenvalue weighted by atomic mass is 9.67. The molecule has 6 nitrogen and oxygen atoms in total. The molecule has 2 fully saturated rings. The third-order valence-corrected chi connectivity index (χ3v) is 5.65. The smallest absolute Gasteiger partial charge is 0.270 e. The van der Waals surface area contributed by atoms with E-state index in [-0.39, 0.29) is 35.1 Å². The average Bonchev–Trinajstić information content (AvgIpc) is 2.50. The fourth-order valence-corrected chi connectivity index (χ4v) is 4.47. The number of hydrogen-bond acceptors (Lipinski definition) is 4. The Balaban J connectivity index is 1.64. The number of carbonyl (C=O) groups is 1. The molecule has 2 saturated carbocycles. The van der Waals surface area contributed by atoms with Crippen molar-refractivity contribution in [1.29, 1.82) is 0 Å². The van der Waals surface area contributed by atoms with Crippen molar-refractivity contribution in [3.63, 3.8) is 0 Å². The summed E-state index contributed by atoms with van der Waals surface area (Å²) in [5.74, 6) is 0.843. The molecule has 2 unspecified atom stereocenters. The van der Waals surface area contributed by atoms with Gasteiger partial charge in [0.05, 0.1) is 16.4 Å². The molecule has 24 heavy (non-hydrogen) atoms. The number of carbonyl (C=O) groups excluding carboxylic acids is 1. The van der Waals surface area contributed by atoms with Gasteiger partial charge in [0, 0.05) is 24.2 Å². The van der Waals surface area contributed by atoms with Gasteiger partial charge in [-0.2, -0.15) is 0 Å². The Morgan fingerprint density at radius 3 is 2.58 bits per heavy atom. The van der Waals surface area contributed by atoms with E-state index < -0.39 is 4.92 Å². The van der Waals surface area contributed by atoms with Crippen molar-refractivity contribution in [3.05, 3.63) is 38.9 Å². The molecule has 0 heterocycles. The Morgan fingerprint density at radius 2 is 2.00 bits per heavy atom. The van der Waals surface area contributed by atoms with E-state index in [4.69, 9.17) is 17.3 Å². The van der Waals surface area contributed by atoms with Crippen molar-refractivity contribution in [2.45, 2.75) is 50.6 Å². The molecule has 1 aromatic carbocycles. The second-order valence-electron chi connectivity index (χ2n) is 6.99. The molecular formula is C17H22ClN3O3. The largest absolute Gasteiger partial charge is 0.353 e. The Labute approximate surface area is 145 Å². The third kappa shape index (κ3) is 3.70. The van der Waals surface area contributed by atoms with Crippen LogP contribution in [-0.4, -0.2) is 22.9 Å². The van der Waals surface area contributed by atoms with Crippen LogP contribution in [0.15, 0.2) is 18.2 Å². The van der Waals surface area contributed by atoms with Gasteiger partial charge in [-0.15, -0.1) is 0 Å². The predicted molar refractivity (Wildman–Crippen MR) is 91.8 cm³/mol. The molecule has 2 bridgehead atoms. The molecule has 1 aromatic rings. The number of nitrogens with one attached hydrogen (secondary N) is 1. The topological polar surface area (TPSA) is 98.3 Å². The van der Waals surface area contributed by atoms with Crippen LogP contribution in [0.2, 0.25) is 5.02 Å². The van der Waals surface area contributed by atoms with Gasteiger partial charge >= 0.3 is 0 Å². The highest BCUT2D eigenvalue weighted by Gasteiger charge is 2.39. The molecule has 2 atom stereocenters. The van der Waals surface area contributed by atoms with E-state index >= 15 is 0 Å². The van der Waals surface area contributed by atoms with Crippen LogP contribution in [0.5, 0.6) is 0 Å².